The van der Waals surface area contributed by atoms with E-state index in [9.17, 15) is 9.59 Å². The van der Waals surface area contributed by atoms with Crippen LogP contribution in [0.5, 0.6) is 0 Å². The molecular formula is C8H9IN2O3. The second-order valence-electron chi connectivity index (χ2n) is 2.66. The molecule has 14 heavy (non-hydrogen) atoms. The van der Waals surface area contributed by atoms with Crippen LogP contribution in [0.4, 0.5) is 0 Å². The third kappa shape index (κ3) is 2.31. The Balaban J connectivity index is 3.08. The molecule has 0 saturated carbocycles. The van der Waals surface area contributed by atoms with Crippen molar-refractivity contribution in [3.63, 3.8) is 0 Å². The van der Waals surface area contributed by atoms with E-state index >= 15 is 0 Å². The van der Waals surface area contributed by atoms with Gasteiger partial charge in [-0.1, -0.05) is 0 Å². The van der Waals surface area contributed by atoms with Crippen LogP contribution >= 0.6 is 22.6 Å². The zero-order chi connectivity index (χ0) is 10.7. The second-order valence-corrected chi connectivity index (χ2v) is 3.90. The normalized spacial score (nSPS) is 12.2. The summed E-state index contributed by atoms with van der Waals surface area (Å²) in [5, 5.41) is 3.84. The van der Waals surface area contributed by atoms with E-state index in [0.717, 1.165) is 8.25 Å². The molecule has 0 aliphatic rings. The lowest BCUT2D eigenvalue weighted by Gasteiger charge is -2.10. The predicted octanol–water partition coefficient (Wildman–Crippen LogP) is 0.582. The number of carbonyl (C=O) groups excluding carboxylic acids is 1. The maximum atomic E-state index is 11.4. The highest BCUT2D eigenvalue weighted by Crippen LogP contribution is 2.03. The number of carbonyl (C=O) groups is 1. The smallest absolute Gasteiger partial charge is 0.330 e. The lowest BCUT2D eigenvalue weighted by atomic mass is 10.3. The number of aromatic nitrogens is 2. The van der Waals surface area contributed by atoms with Gasteiger partial charge in [0.2, 0.25) is 0 Å². The van der Waals surface area contributed by atoms with Crippen molar-refractivity contribution in [3.8, 4) is 0 Å². The molecule has 0 saturated heterocycles. The van der Waals surface area contributed by atoms with Crippen LogP contribution in [0.1, 0.15) is 13.0 Å². The lowest BCUT2D eigenvalue weighted by molar-refractivity contribution is -0.144. The summed E-state index contributed by atoms with van der Waals surface area (Å²) in [7, 11) is 1.27. The summed E-state index contributed by atoms with van der Waals surface area (Å²) in [6, 6.07) is 0.719. The van der Waals surface area contributed by atoms with E-state index in [2.05, 4.69) is 9.84 Å². The van der Waals surface area contributed by atoms with Crippen LogP contribution in [-0.4, -0.2) is 22.9 Å². The van der Waals surface area contributed by atoms with E-state index in [1.54, 1.807) is 6.92 Å². The number of esters is 1. The summed E-state index contributed by atoms with van der Waals surface area (Å²) >= 11 is 1.98. The summed E-state index contributed by atoms with van der Waals surface area (Å²) in [6.07, 6.45) is 1.52. The number of ether oxygens (including phenoxy) is 1. The van der Waals surface area contributed by atoms with Gasteiger partial charge in [0.1, 0.15) is 0 Å². The fraction of sp³-hybridized carbons (Fsp3) is 0.375. The van der Waals surface area contributed by atoms with Gasteiger partial charge in [-0.15, -0.1) is 0 Å². The average Bonchev–Trinajstić information content (AvgIpc) is 2.15. The lowest BCUT2D eigenvalue weighted by Crippen LogP contribution is -2.30. The van der Waals surface area contributed by atoms with Gasteiger partial charge in [-0.25, -0.2) is 9.48 Å². The predicted molar refractivity (Wildman–Crippen MR) is 57.9 cm³/mol. The van der Waals surface area contributed by atoms with Gasteiger partial charge in [0.15, 0.2) is 6.04 Å². The molecule has 0 aliphatic heterocycles. The first-order chi connectivity index (χ1) is 6.56. The van der Waals surface area contributed by atoms with E-state index in [1.165, 1.54) is 19.4 Å². The Kier molecular flexibility index (Phi) is 3.62. The first kappa shape index (κ1) is 11.2. The van der Waals surface area contributed by atoms with Crippen molar-refractivity contribution in [2.75, 3.05) is 7.11 Å². The minimum Gasteiger partial charge on any atom is -0.467 e. The first-order valence-electron chi connectivity index (χ1n) is 3.88. The van der Waals surface area contributed by atoms with E-state index in [4.69, 9.17) is 0 Å². The molecule has 0 bridgehead atoms. The average molecular weight is 308 g/mol. The van der Waals surface area contributed by atoms with Crippen molar-refractivity contribution in [1.82, 2.24) is 9.78 Å². The zero-order valence-corrected chi connectivity index (χ0v) is 9.89. The standard InChI is InChI=1S/C8H9IN2O3/c1-5(8(13)14-2)11-7(12)3-6(9)4-10-11/h3-5H,1-2H3. The van der Waals surface area contributed by atoms with Crippen molar-refractivity contribution in [3.05, 3.63) is 26.2 Å². The van der Waals surface area contributed by atoms with Crippen molar-refractivity contribution < 1.29 is 9.53 Å². The summed E-state index contributed by atoms with van der Waals surface area (Å²) in [5.41, 5.74) is -0.310. The Morgan fingerprint density at radius 3 is 2.86 bits per heavy atom. The highest BCUT2D eigenvalue weighted by atomic mass is 127. The number of hydrogen-bond donors (Lipinski definition) is 0. The molecule has 0 aromatic carbocycles. The molecular weight excluding hydrogens is 299 g/mol. The van der Waals surface area contributed by atoms with Gasteiger partial charge in [0, 0.05) is 9.64 Å². The number of halogens is 1. The maximum Gasteiger partial charge on any atom is 0.330 e. The van der Waals surface area contributed by atoms with Crippen LogP contribution in [0.15, 0.2) is 17.1 Å². The molecule has 6 heteroatoms. The molecule has 1 aromatic heterocycles. The summed E-state index contributed by atoms with van der Waals surface area (Å²) in [5.74, 6) is -0.485. The van der Waals surface area contributed by atoms with Gasteiger partial charge < -0.3 is 4.74 Å². The molecule has 1 heterocycles. The van der Waals surface area contributed by atoms with E-state index in [0.29, 0.717) is 0 Å². The third-order valence-corrected chi connectivity index (χ3v) is 2.29. The van der Waals surface area contributed by atoms with Gasteiger partial charge in [-0.2, -0.15) is 5.10 Å². The molecule has 5 nitrogen and oxygen atoms in total. The van der Waals surface area contributed by atoms with E-state index in [-0.39, 0.29) is 5.56 Å². The molecule has 0 radical (unpaired) electrons. The summed E-state index contributed by atoms with van der Waals surface area (Å²) in [6.45, 7) is 1.56. The monoisotopic (exact) mass is 308 g/mol. The Labute approximate surface area is 94.2 Å². The maximum absolute atomic E-state index is 11.4. The molecule has 1 aromatic rings. The quantitative estimate of drug-likeness (QED) is 0.592. The van der Waals surface area contributed by atoms with Crippen molar-refractivity contribution in [1.29, 1.82) is 0 Å². The minimum absolute atomic E-state index is 0.310. The number of hydrogen-bond acceptors (Lipinski definition) is 4. The Hall–Kier alpha value is -0.920. The molecule has 0 aliphatic carbocycles. The zero-order valence-electron chi connectivity index (χ0n) is 7.73. The van der Waals surface area contributed by atoms with Crippen LogP contribution in [0.3, 0.4) is 0 Å². The molecule has 0 spiro atoms. The molecule has 1 unspecified atom stereocenters. The van der Waals surface area contributed by atoms with Crippen LogP contribution in [0.2, 0.25) is 0 Å². The Morgan fingerprint density at radius 1 is 1.71 bits per heavy atom. The van der Waals surface area contributed by atoms with Crippen molar-refractivity contribution >= 4 is 28.6 Å². The molecule has 1 rings (SSSR count). The van der Waals surface area contributed by atoms with Gasteiger partial charge >= 0.3 is 5.97 Å². The van der Waals surface area contributed by atoms with Gasteiger partial charge in [0.05, 0.1) is 13.3 Å². The van der Waals surface area contributed by atoms with E-state index < -0.39 is 12.0 Å². The van der Waals surface area contributed by atoms with Crippen LogP contribution in [0, 0.1) is 3.57 Å². The highest BCUT2D eigenvalue weighted by Gasteiger charge is 2.17. The van der Waals surface area contributed by atoms with Crippen LogP contribution in [0.25, 0.3) is 0 Å². The first-order valence-corrected chi connectivity index (χ1v) is 4.96. The SMILES string of the molecule is COC(=O)C(C)n1ncc(I)cc1=O. The molecule has 1 atom stereocenters. The Morgan fingerprint density at radius 2 is 2.36 bits per heavy atom. The molecule has 0 amide bonds. The highest BCUT2D eigenvalue weighted by molar-refractivity contribution is 14.1. The van der Waals surface area contributed by atoms with Gasteiger partial charge in [-0.3, -0.25) is 4.79 Å². The fourth-order valence-electron chi connectivity index (χ4n) is 0.957. The number of methoxy groups -OCH3 is 1. The summed E-state index contributed by atoms with van der Waals surface area (Å²) in [4.78, 5) is 22.5. The molecule has 0 fully saturated rings. The number of nitrogens with zero attached hydrogens (tertiary/aromatic N) is 2. The van der Waals surface area contributed by atoms with Gasteiger partial charge in [0.25, 0.3) is 5.56 Å². The minimum atomic E-state index is -0.690. The fourth-order valence-corrected chi connectivity index (χ4v) is 1.35. The summed E-state index contributed by atoms with van der Waals surface area (Å²) < 4.78 is 6.34. The Bertz CT molecular complexity index is 402. The largest absolute Gasteiger partial charge is 0.467 e. The van der Waals surface area contributed by atoms with E-state index in [1.807, 2.05) is 22.6 Å². The van der Waals surface area contributed by atoms with Crippen molar-refractivity contribution in [2.24, 2.45) is 0 Å². The molecule has 0 N–H and O–H groups in total. The van der Waals surface area contributed by atoms with Gasteiger partial charge in [-0.05, 0) is 29.5 Å². The van der Waals surface area contributed by atoms with Crippen molar-refractivity contribution in [2.45, 2.75) is 13.0 Å². The third-order valence-electron chi connectivity index (χ3n) is 1.70. The number of rotatable bonds is 2. The van der Waals surface area contributed by atoms with Crippen LogP contribution < -0.4 is 5.56 Å². The second kappa shape index (κ2) is 4.54. The molecule has 76 valence electrons. The topological polar surface area (TPSA) is 61.2 Å². The van der Waals surface area contributed by atoms with Crippen LogP contribution in [-0.2, 0) is 9.53 Å².